The van der Waals surface area contributed by atoms with Crippen LogP contribution in [-0.2, 0) is 6.54 Å². The summed E-state index contributed by atoms with van der Waals surface area (Å²) in [5.74, 6) is 1.32. The Morgan fingerprint density at radius 3 is 2.60 bits per heavy atom. The summed E-state index contributed by atoms with van der Waals surface area (Å²) in [6.45, 7) is 4.73. The van der Waals surface area contributed by atoms with Crippen LogP contribution >= 0.6 is 0 Å². The Bertz CT molecular complexity index is 1180. The second kappa shape index (κ2) is 8.41. The van der Waals surface area contributed by atoms with E-state index < -0.39 is 0 Å². The zero-order valence-corrected chi connectivity index (χ0v) is 17.4. The van der Waals surface area contributed by atoms with Crippen LogP contribution in [0.15, 0.2) is 72.8 Å². The van der Waals surface area contributed by atoms with Crippen LogP contribution in [0.2, 0.25) is 0 Å². The minimum atomic E-state index is -0.262. The van der Waals surface area contributed by atoms with Crippen molar-refractivity contribution >= 4 is 16.9 Å². The number of methoxy groups -OCH3 is 1. The van der Waals surface area contributed by atoms with E-state index in [9.17, 15) is 4.79 Å². The molecule has 0 fully saturated rings. The van der Waals surface area contributed by atoms with Gasteiger partial charge in [-0.1, -0.05) is 48.0 Å². The fourth-order valence-corrected chi connectivity index (χ4v) is 3.58. The zero-order chi connectivity index (χ0) is 21.1. The molecule has 0 saturated heterocycles. The van der Waals surface area contributed by atoms with Gasteiger partial charge in [0.15, 0.2) is 0 Å². The number of benzene rings is 3. The van der Waals surface area contributed by atoms with Crippen LogP contribution in [0.25, 0.3) is 11.0 Å². The van der Waals surface area contributed by atoms with Gasteiger partial charge in [-0.25, -0.2) is 4.98 Å². The van der Waals surface area contributed by atoms with Crippen LogP contribution in [-0.4, -0.2) is 22.6 Å². The molecule has 3 aromatic carbocycles. The van der Waals surface area contributed by atoms with Crippen LogP contribution in [0.3, 0.4) is 0 Å². The van der Waals surface area contributed by atoms with Gasteiger partial charge in [-0.3, -0.25) is 4.79 Å². The lowest BCUT2D eigenvalue weighted by Gasteiger charge is -2.17. The number of nitrogens with zero attached hydrogens (tertiary/aromatic N) is 2. The summed E-state index contributed by atoms with van der Waals surface area (Å²) in [4.78, 5) is 17.6. The molecule has 1 N–H and O–H groups in total. The Labute approximate surface area is 176 Å². The minimum Gasteiger partial charge on any atom is -0.497 e. The van der Waals surface area contributed by atoms with Gasteiger partial charge in [0, 0.05) is 12.1 Å². The molecule has 152 valence electrons. The topological polar surface area (TPSA) is 56.1 Å². The monoisotopic (exact) mass is 399 g/mol. The number of carbonyl (C=O) groups excluding carboxylic acids is 1. The standard InChI is InChI=1S/C25H25N3O2/c1-17-11-13-19(14-12-17)16-28-23-10-5-4-9-22(23)27-24(28)18(2)26-25(29)20-7-6-8-21(15-20)30-3/h4-15,18H,16H2,1-3H3,(H,26,29). The molecule has 1 aromatic heterocycles. The number of fused-ring (bicyclic) bond motifs is 1. The highest BCUT2D eigenvalue weighted by Crippen LogP contribution is 2.23. The van der Waals surface area contributed by atoms with Crippen molar-refractivity contribution in [3.63, 3.8) is 0 Å². The van der Waals surface area contributed by atoms with Gasteiger partial charge in [-0.15, -0.1) is 0 Å². The van der Waals surface area contributed by atoms with Crippen molar-refractivity contribution in [3.05, 3.63) is 95.3 Å². The van der Waals surface area contributed by atoms with E-state index >= 15 is 0 Å². The van der Waals surface area contributed by atoms with Crippen molar-refractivity contribution in [2.45, 2.75) is 26.4 Å². The van der Waals surface area contributed by atoms with E-state index in [-0.39, 0.29) is 11.9 Å². The van der Waals surface area contributed by atoms with Crippen LogP contribution in [0.1, 0.15) is 40.3 Å². The number of hydrogen-bond acceptors (Lipinski definition) is 3. The number of ether oxygens (including phenoxy) is 1. The molecule has 1 atom stereocenters. The van der Waals surface area contributed by atoms with Gasteiger partial charge in [-0.05, 0) is 49.7 Å². The molecular weight excluding hydrogens is 374 g/mol. The summed E-state index contributed by atoms with van der Waals surface area (Å²) in [5, 5.41) is 3.08. The average Bonchev–Trinajstić information content (AvgIpc) is 3.14. The van der Waals surface area contributed by atoms with Crippen molar-refractivity contribution in [2.75, 3.05) is 7.11 Å². The third-order valence-corrected chi connectivity index (χ3v) is 5.21. The fraction of sp³-hybridized carbons (Fsp3) is 0.200. The van der Waals surface area contributed by atoms with Gasteiger partial charge < -0.3 is 14.6 Å². The van der Waals surface area contributed by atoms with Gasteiger partial charge >= 0.3 is 0 Å². The minimum absolute atomic E-state index is 0.157. The van der Waals surface area contributed by atoms with Crippen LogP contribution in [0.5, 0.6) is 5.75 Å². The SMILES string of the molecule is COc1cccc(C(=O)NC(C)c2nc3ccccc3n2Cc2ccc(C)cc2)c1. The number of aromatic nitrogens is 2. The molecule has 4 aromatic rings. The summed E-state index contributed by atoms with van der Waals surface area (Å²) in [6, 6.07) is 23.4. The molecule has 0 saturated carbocycles. The lowest BCUT2D eigenvalue weighted by atomic mass is 10.1. The number of aryl methyl sites for hydroxylation is 1. The Morgan fingerprint density at radius 1 is 1.07 bits per heavy atom. The third-order valence-electron chi connectivity index (χ3n) is 5.21. The predicted octanol–water partition coefficient (Wildman–Crippen LogP) is 4.89. The van der Waals surface area contributed by atoms with Crippen molar-refractivity contribution in [3.8, 4) is 5.75 Å². The van der Waals surface area contributed by atoms with Crippen molar-refractivity contribution < 1.29 is 9.53 Å². The molecule has 4 rings (SSSR count). The van der Waals surface area contributed by atoms with E-state index in [0.29, 0.717) is 17.9 Å². The number of hydrogen-bond donors (Lipinski definition) is 1. The maximum absolute atomic E-state index is 12.8. The maximum atomic E-state index is 12.8. The summed E-state index contributed by atoms with van der Waals surface area (Å²) in [6.07, 6.45) is 0. The van der Waals surface area contributed by atoms with Gasteiger partial charge in [0.1, 0.15) is 11.6 Å². The normalized spacial score (nSPS) is 12.0. The zero-order valence-electron chi connectivity index (χ0n) is 17.4. The first-order valence-corrected chi connectivity index (χ1v) is 10.0. The quantitative estimate of drug-likeness (QED) is 0.502. The molecule has 0 aliphatic rings. The van der Waals surface area contributed by atoms with E-state index in [1.54, 1.807) is 19.2 Å². The largest absolute Gasteiger partial charge is 0.497 e. The first kappa shape index (κ1) is 19.7. The number of nitrogens with one attached hydrogen (secondary N) is 1. The van der Waals surface area contributed by atoms with Gasteiger partial charge in [0.2, 0.25) is 0 Å². The number of para-hydroxylation sites is 2. The van der Waals surface area contributed by atoms with Gasteiger partial charge in [0.25, 0.3) is 5.91 Å². The van der Waals surface area contributed by atoms with Crippen LogP contribution in [0, 0.1) is 6.92 Å². The average molecular weight is 399 g/mol. The highest BCUT2D eigenvalue weighted by molar-refractivity contribution is 5.94. The number of rotatable bonds is 6. The molecule has 30 heavy (non-hydrogen) atoms. The highest BCUT2D eigenvalue weighted by atomic mass is 16.5. The van der Waals surface area contributed by atoms with Gasteiger partial charge in [-0.2, -0.15) is 0 Å². The van der Waals surface area contributed by atoms with E-state index in [4.69, 9.17) is 9.72 Å². The van der Waals surface area contributed by atoms with E-state index in [2.05, 4.69) is 47.1 Å². The van der Waals surface area contributed by atoms with Gasteiger partial charge in [0.05, 0.1) is 24.2 Å². The second-order valence-corrected chi connectivity index (χ2v) is 7.46. The summed E-state index contributed by atoms with van der Waals surface area (Å²) in [5.41, 5.74) is 4.95. The molecule has 0 aliphatic carbocycles. The maximum Gasteiger partial charge on any atom is 0.251 e. The Kier molecular flexibility index (Phi) is 5.53. The lowest BCUT2D eigenvalue weighted by molar-refractivity contribution is 0.0937. The van der Waals surface area contributed by atoms with Crippen LogP contribution < -0.4 is 10.1 Å². The smallest absolute Gasteiger partial charge is 0.251 e. The molecule has 0 radical (unpaired) electrons. The lowest BCUT2D eigenvalue weighted by Crippen LogP contribution is -2.28. The second-order valence-electron chi connectivity index (χ2n) is 7.46. The molecule has 1 amide bonds. The highest BCUT2D eigenvalue weighted by Gasteiger charge is 2.19. The van der Waals surface area contributed by atoms with E-state index in [1.807, 2.05) is 37.3 Å². The molecule has 5 heteroatoms. The van der Waals surface area contributed by atoms with Crippen LogP contribution in [0.4, 0.5) is 0 Å². The summed E-state index contributed by atoms with van der Waals surface area (Å²) < 4.78 is 7.41. The molecule has 0 bridgehead atoms. The molecular formula is C25H25N3O2. The van der Waals surface area contributed by atoms with E-state index in [1.165, 1.54) is 11.1 Å². The number of imidazole rings is 1. The molecule has 0 spiro atoms. The molecule has 1 heterocycles. The summed E-state index contributed by atoms with van der Waals surface area (Å²) >= 11 is 0. The number of amides is 1. The number of carbonyl (C=O) groups is 1. The summed E-state index contributed by atoms with van der Waals surface area (Å²) in [7, 11) is 1.59. The first-order chi connectivity index (χ1) is 14.5. The Balaban J connectivity index is 1.65. The molecule has 0 aliphatic heterocycles. The van der Waals surface area contributed by atoms with Crippen molar-refractivity contribution in [1.82, 2.24) is 14.9 Å². The first-order valence-electron chi connectivity index (χ1n) is 10.0. The fourth-order valence-electron chi connectivity index (χ4n) is 3.58. The van der Waals surface area contributed by atoms with Crippen molar-refractivity contribution in [2.24, 2.45) is 0 Å². The molecule has 5 nitrogen and oxygen atoms in total. The van der Waals surface area contributed by atoms with Crippen molar-refractivity contribution in [1.29, 1.82) is 0 Å². The predicted molar refractivity (Wildman–Crippen MR) is 119 cm³/mol. The third kappa shape index (κ3) is 4.06. The molecule has 1 unspecified atom stereocenters. The Hall–Kier alpha value is -3.60. The Morgan fingerprint density at radius 2 is 1.83 bits per heavy atom. The van der Waals surface area contributed by atoms with E-state index in [0.717, 1.165) is 16.9 Å².